The summed E-state index contributed by atoms with van der Waals surface area (Å²) in [6.45, 7) is 9.92. The fourth-order valence-electron chi connectivity index (χ4n) is 1.43. The number of benzene rings is 1. The molecule has 0 N–H and O–H groups in total. The predicted molar refractivity (Wildman–Crippen MR) is 76.5 cm³/mol. The summed E-state index contributed by atoms with van der Waals surface area (Å²) in [6, 6.07) is 8.25. The number of thiocyanates is 1. The van der Waals surface area contributed by atoms with E-state index in [2.05, 4.69) is 44.0 Å². The smallest absolute Gasteiger partial charge is 0.134 e. The fourth-order valence-corrected chi connectivity index (χ4v) is 1.90. The second-order valence-electron chi connectivity index (χ2n) is 4.51. The van der Waals surface area contributed by atoms with E-state index >= 15 is 0 Å². The first kappa shape index (κ1) is 13.6. The number of thioether (sulfide) groups is 1. The molecule has 1 aromatic rings. The van der Waals surface area contributed by atoms with Crippen LogP contribution in [-0.2, 0) is 4.75 Å². The Balaban J connectivity index is 3.01. The maximum Gasteiger partial charge on any atom is 0.134 e. The zero-order chi connectivity index (χ0) is 12.9. The maximum absolute atomic E-state index is 8.80. The van der Waals surface area contributed by atoms with Crippen LogP contribution in [-0.4, -0.2) is 0 Å². The highest BCUT2D eigenvalue weighted by molar-refractivity contribution is 8.04. The van der Waals surface area contributed by atoms with E-state index in [0.29, 0.717) is 0 Å². The molecule has 0 atom stereocenters. The molecule has 0 spiro atoms. The van der Waals surface area contributed by atoms with E-state index in [1.54, 1.807) is 0 Å². The Morgan fingerprint density at radius 2 is 2.18 bits per heavy atom. The Kier molecular flexibility index (Phi) is 4.60. The second-order valence-corrected chi connectivity index (χ2v) is 5.92. The average molecular weight is 243 g/mol. The molecule has 0 fully saturated rings. The Bertz CT molecular complexity index is 478. The van der Waals surface area contributed by atoms with Crippen LogP contribution in [0.25, 0.3) is 6.08 Å². The summed E-state index contributed by atoms with van der Waals surface area (Å²) in [5.74, 6) is 0. The number of hydrogen-bond donors (Lipinski definition) is 0. The van der Waals surface area contributed by atoms with Crippen molar-refractivity contribution in [1.29, 1.82) is 5.26 Å². The van der Waals surface area contributed by atoms with Crippen molar-refractivity contribution >= 4 is 17.8 Å². The lowest BCUT2D eigenvalue weighted by atomic mass is 9.99. The fraction of sp³-hybridized carbons (Fsp3) is 0.267. The quantitative estimate of drug-likeness (QED) is 0.564. The molecule has 0 heterocycles. The van der Waals surface area contributed by atoms with Gasteiger partial charge in [0, 0.05) is 4.75 Å². The maximum atomic E-state index is 8.80. The zero-order valence-electron chi connectivity index (χ0n) is 10.5. The molecular formula is C15H17NS. The van der Waals surface area contributed by atoms with E-state index in [1.807, 2.05) is 25.1 Å². The van der Waals surface area contributed by atoms with Gasteiger partial charge >= 0.3 is 0 Å². The summed E-state index contributed by atoms with van der Waals surface area (Å²) >= 11 is 1.28. The number of nitrogens with zero attached hydrogens (tertiary/aromatic N) is 1. The summed E-state index contributed by atoms with van der Waals surface area (Å²) in [5.41, 5.74) is 3.33. The lowest BCUT2D eigenvalue weighted by Gasteiger charge is -2.20. The first-order chi connectivity index (χ1) is 7.95. The summed E-state index contributed by atoms with van der Waals surface area (Å²) in [7, 11) is 0. The minimum Gasteiger partial charge on any atom is -0.185 e. The highest BCUT2D eigenvalue weighted by atomic mass is 32.2. The lowest BCUT2D eigenvalue weighted by molar-refractivity contribution is 0.787. The molecule has 17 heavy (non-hydrogen) atoms. The molecule has 1 nitrogen and oxygen atoms in total. The highest BCUT2D eigenvalue weighted by Gasteiger charge is 2.21. The van der Waals surface area contributed by atoms with Gasteiger partial charge in [0.1, 0.15) is 5.40 Å². The second kappa shape index (κ2) is 5.75. The molecule has 0 aliphatic carbocycles. The minimum atomic E-state index is -0.179. The number of nitriles is 1. The molecule has 0 amide bonds. The molecule has 0 aliphatic heterocycles. The van der Waals surface area contributed by atoms with Crippen molar-refractivity contribution in [2.45, 2.75) is 25.5 Å². The van der Waals surface area contributed by atoms with Crippen molar-refractivity contribution in [3.8, 4) is 5.40 Å². The summed E-state index contributed by atoms with van der Waals surface area (Å²) in [5, 5.41) is 11.0. The van der Waals surface area contributed by atoms with Crippen molar-refractivity contribution in [3.05, 3.63) is 53.6 Å². The first-order valence-corrected chi connectivity index (χ1v) is 6.28. The van der Waals surface area contributed by atoms with E-state index in [4.69, 9.17) is 5.26 Å². The Hall–Kier alpha value is -1.46. The van der Waals surface area contributed by atoms with Gasteiger partial charge in [-0.05, 0) is 43.7 Å². The average Bonchev–Trinajstić information content (AvgIpc) is 2.27. The van der Waals surface area contributed by atoms with E-state index < -0.39 is 0 Å². The Morgan fingerprint density at radius 3 is 2.76 bits per heavy atom. The lowest BCUT2D eigenvalue weighted by Crippen LogP contribution is -2.10. The van der Waals surface area contributed by atoms with Gasteiger partial charge in [-0.15, -0.1) is 0 Å². The van der Waals surface area contributed by atoms with Crippen molar-refractivity contribution in [2.24, 2.45) is 0 Å². The first-order valence-electron chi connectivity index (χ1n) is 5.47. The normalized spacial score (nSPS) is 11.4. The van der Waals surface area contributed by atoms with Crippen LogP contribution in [0.1, 0.15) is 31.9 Å². The van der Waals surface area contributed by atoms with Crippen LogP contribution < -0.4 is 0 Å². The topological polar surface area (TPSA) is 23.8 Å². The number of allylic oxidation sites excluding steroid dienone is 2. The van der Waals surface area contributed by atoms with Gasteiger partial charge in [0.25, 0.3) is 0 Å². The Morgan fingerprint density at radius 1 is 1.47 bits per heavy atom. The van der Waals surface area contributed by atoms with Gasteiger partial charge in [-0.1, -0.05) is 48.6 Å². The van der Waals surface area contributed by atoms with Gasteiger partial charge < -0.3 is 0 Å². The van der Waals surface area contributed by atoms with E-state index in [1.165, 1.54) is 11.8 Å². The van der Waals surface area contributed by atoms with Gasteiger partial charge in [0.2, 0.25) is 0 Å². The van der Waals surface area contributed by atoms with Crippen LogP contribution in [0.5, 0.6) is 0 Å². The van der Waals surface area contributed by atoms with Crippen LogP contribution in [0, 0.1) is 10.7 Å². The Labute approximate surface area is 108 Å². The molecule has 0 bridgehead atoms. The van der Waals surface area contributed by atoms with Crippen LogP contribution in [0.15, 0.2) is 42.5 Å². The third-order valence-corrected chi connectivity index (χ3v) is 3.28. The van der Waals surface area contributed by atoms with Gasteiger partial charge in [-0.25, -0.2) is 0 Å². The van der Waals surface area contributed by atoms with Crippen LogP contribution in [0.4, 0.5) is 0 Å². The molecule has 0 aromatic heterocycles. The molecule has 0 radical (unpaired) electrons. The van der Waals surface area contributed by atoms with Crippen molar-refractivity contribution in [1.82, 2.24) is 0 Å². The van der Waals surface area contributed by atoms with Gasteiger partial charge in [0.05, 0.1) is 0 Å². The van der Waals surface area contributed by atoms with E-state index in [-0.39, 0.29) is 4.75 Å². The molecule has 1 aromatic carbocycles. The van der Waals surface area contributed by atoms with E-state index in [9.17, 15) is 0 Å². The van der Waals surface area contributed by atoms with Crippen molar-refractivity contribution in [3.63, 3.8) is 0 Å². The highest BCUT2D eigenvalue weighted by Crippen LogP contribution is 2.35. The minimum absolute atomic E-state index is 0.179. The monoisotopic (exact) mass is 243 g/mol. The third kappa shape index (κ3) is 4.13. The van der Waals surface area contributed by atoms with Gasteiger partial charge in [0.15, 0.2) is 0 Å². The van der Waals surface area contributed by atoms with Crippen molar-refractivity contribution in [2.75, 3.05) is 0 Å². The van der Waals surface area contributed by atoms with E-state index in [0.717, 1.165) is 16.7 Å². The van der Waals surface area contributed by atoms with Crippen LogP contribution in [0.2, 0.25) is 0 Å². The summed E-state index contributed by atoms with van der Waals surface area (Å²) in [6.07, 6.45) is 4.03. The summed E-state index contributed by atoms with van der Waals surface area (Å²) < 4.78 is -0.179. The van der Waals surface area contributed by atoms with Crippen molar-refractivity contribution < 1.29 is 0 Å². The molecule has 88 valence electrons. The molecule has 0 saturated heterocycles. The number of rotatable bonds is 4. The predicted octanol–water partition coefficient (Wildman–Crippen LogP) is 4.73. The van der Waals surface area contributed by atoms with Gasteiger partial charge in [-0.3, -0.25) is 0 Å². The standard InChI is InChI=1S/C15H17NS/c1-12(2)8-9-13-6-5-7-14(10-13)15(3,4)17-11-16/h5-10H,1H2,2-4H3. The van der Waals surface area contributed by atoms with Gasteiger partial charge in [-0.2, -0.15) is 5.26 Å². The molecule has 0 saturated carbocycles. The molecule has 0 aliphatic rings. The zero-order valence-corrected chi connectivity index (χ0v) is 11.3. The van der Waals surface area contributed by atoms with Crippen LogP contribution in [0.3, 0.4) is 0 Å². The molecule has 2 heteroatoms. The number of hydrogen-bond acceptors (Lipinski definition) is 2. The molecular weight excluding hydrogens is 226 g/mol. The summed E-state index contributed by atoms with van der Waals surface area (Å²) in [4.78, 5) is 0. The largest absolute Gasteiger partial charge is 0.185 e. The molecule has 0 unspecified atom stereocenters. The molecule has 1 rings (SSSR count). The van der Waals surface area contributed by atoms with Crippen LogP contribution >= 0.6 is 11.8 Å². The third-order valence-electron chi connectivity index (χ3n) is 2.44. The SMILES string of the molecule is C=C(C)C=Cc1cccc(C(C)(C)SC#N)c1.